The van der Waals surface area contributed by atoms with Crippen LogP contribution < -0.4 is 10.5 Å². The summed E-state index contributed by atoms with van der Waals surface area (Å²) < 4.78 is 5.39. The number of hydrogen-bond donors (Lipinski definition) is 1. The zero-order valence-corrected chi connectivity index (χ0v) is 11.6. The highest BCUT2D eigenvalue weighted by Gasteiger charge is 2.16. The highest BCUT2D eigenvalue weighted by molar-refractivity contribution is 5.45. The lowest BCUT2D eigenvalue weighted by atomic mass is 9.92. The number of ether oxygens (including phenoxy) is 1. The fraction of sp³-hybridized carbons (Fsp3) is 0.333. The van der Waals surface area contributed by atoms with Gasteiger partial charge in [0.1, 0.15) is 5.75 Å². The molecule has 0 saturated heterocycles. The molecule has 0 aliphatic rings. The molecule has 0 radical (unpaired) electrons. The Labute approximate surface area is 113 Å². The monoisotopic (exact) mass is 257 g/mol. The van der Waals surface area contributed by atoms with E-state index < -0.39 is 0 Å². The predicted molar refractivity (Wildman–Crippen MR) is 75.4 cm³/mol. The van der Waals surface area contributed by atoms with Gasteiger partial charge in [0.05, 0.1) is 12.8 Å². The van der Waals surface area contributed by atoms with Crippen LogP contribution in [-0.4, -0.2) is 23.9 Å². The van der Waals surface area contributed by atoms with Crippen LogP contribution in [-0.2, 0) is 0 Å². The van der Waals surface area contributed by atoms with Crippen LogP contribution in [0, 0.1) is 13.8 Å². The molecule has 4 heteroatoms. The lowest BCUT2D eigenvalue weighted by Crippen LogP contribution is -2.16. The van der Waals surface area contributed by atoms with Crippen molar-refractivity contribution in [2.45, 2.75) is 19.8 Å². The minimum atomic E-state index is 0.0667. The summed E-state index contributed by atoms with van der Waals surface area (Å²) in [6.07, 6.45) is 1.67. The average Bonchev–Trinajstić information content (AvgIpc) is 2.40. The van der Waals surface area contributed by atoms with Gasteiger partial charge in [-0.3, -0.25) is 0 Å². The Hall–Kier alpha value is -1.94. The summed E-state index contributed by atoms with van der Waals surface area (Å²) in [6, 6.07) is 8.06. The molecular formula is C15H19N3O. The summed E-state index contributed by atoms with van der Waals surface area (Å²) in [5.41, 5.74) is 10.2. The number of aryl methyl sites for hydroxylation is 2. The van der Waals surface area contributed by atoms with Gasteiger partial charge in [0.15, 0.2) is 0 Å². The van der Waals surface area contributed by atoms with Crippen LogP contribution in [0.4, 0.5) is 0 Å². The van der Waals surface area contributed by atoms with Crippen LogP contribution in [0.5, 0.6) is 5.75 Å². The van der Waals surface area contributed by atoms with E-state index in [0.717, 1.165) is 28.1 Å². The highest BCUT2D eigenvalue weighted by atomic mass is 16.5. The first-order valence-electron chi connectivity index (χ1n) is 6.30. The molecule has 2 rings (SSSR count). The largest absolute Gasteiger partial charge is 0.496 e. The molecule has 0 aliphatic heterocycles. The molecule has 0 aliphatic carbocycles. The second kappa shape index (κ2) is 5.80. The van der Waals surface area contributed by atoms with Gasteiger partial charge in [0, 0.05) is 18.7 Å². The third-order valence-corrected chi connectivity index (χ3v) is 3.27. The number of nitrogens with two attached hydrogens (primary N) is 1. The van der Waals surface area contributed by atoms with E-state index >= 15 is 0 Å². The molecule has 4 nitrogen and oxygen atoms in total. The van der Waals surface area contributed by atoms with Gasteiger partial charge in [0.25, 0.3) is 0 Å². The second-order valence-electron chi connectivity index (χ2n) is 4.62. The van der Waals surface area contributed by atoms with Gasteiger partial charge in [0.2, 0.25) is 0 Å². The molecule has 0 fully saturated rings. The number of nitrogens with zero attached hydrogens (tertiary/aromatic N) is 2. The van der Waals surface area contributed by atoms with Crippen LogP contribution in [0.1, 0.15) is 28.3 Å². The smallest absolute Gasteiger partial charge is 0.124 e. The molecule has 1 unspecified atom stereocenters. The Morgan fingerprint density at radius 2 is 1.95 bits per heavy atom. The van der Waals surface area contributed by atoms with Crippen LogP contribution in [0.2, 0.25) is 0 Å². The van der Waals surface area contributed by atoms with Crippen molar-refractivity contribution in [2.24, 2.45) is 5.73 Å². The average molecular weight is 257 g/mol. The number of hydrogen-bond acceptors (Lipinski definition) is 4. The van der Waals surface area contributed by atoms with Crippen molar-refractivity contribution in [1.29, 1.82) is 0 Å². The van der Waals surface area contributed by atoms with Crippen molar-refractivity contribution in [3.8, 4) is 5.75 Å². The van der Waals surface area contributed by atoms with Gasteiger partial charge in [-0.15, -0.1) is 0 Å². The molecule has 0 spiro atoms. The van der Waals surface area contributed by atoms with E-state index in [9.17, 15) is 0 Å². The summed E-state index contributed by atoms with van der Waals surface area (Å²) in [6.45, 7) is 4.59. The van der Waals surface area contributed by atoms with Gasteiger partial charge < -0.3 is 10.5 Å². The standard InChI is InChI=1S/C15H19N3O/c1-10-7-12(8-11(2)15(10)19-3)13(9-16)14-5-4-6-17-18-14/h4-8,13H,9,16H2,1-3H3. The molecule has 19 heavy (non-hydrogen) atoms. The zero-order chi connectivity index (χ0) is 13.8. The number of methoxy groups -OCH3 is 1. The first-order valence-corrected chi connectivity index (χ1v) is 6.30. The molecule has 100 valence electrons. The molecule has 0 amide bonds. The lowest BCUT2D eigenvalue weighted by Gasteiger charge is -2.17. The topological polar surface area (TPSA) is 61.0 Å². The lowest BCUT2D eigenvalue weighted by molar-refractivity contribution is 0.408. The molecule has 1 aromatic heterocycles. The van der Waals surface area contributed by atoms with E-state index in [1.54, 1.807) is 13.3 Å². The Morgan fingerprint density at radius 3 is 2.42 bits per heavy atom. The number of benzene rings is 1. The molecular weight excluding hydrogens is 238 g/mol. The maximum atomic E-state index is 5.91. The van der Waals surface area contributed by atoms with Crippen molar-refractivity contribution in [3.63, 3.8) is 0 Å². The number of rotatable bonds is 4. The van der Waals surface area contributed by atoms with Crippen molar-refractivity contribution in [2.75, 3.05) is 13.7 Å². The zero-order valence-electron chi connectivity index (χ0n) is 11.6. The van der Waals surface area contributed by atoms with E-state index in [1.807, 2.05) is 26.0 Å². The molecule has 1 heterocycles. The Morgan fingerprint density at radius 1 is 1.26 bits per heavy atom. The van der Waals surface area contributed by atoms with E-state index in [0.29, 0.717) is 6.54 Å². The van der Waals surface area contributed by atoms with Gasteiger partial charge >= 0.3 is 0 Å². The van der Waals surface area contributed by atoms with Crippen LogP contribution in [0.3, 0.4) is 0 Å². The summed E-state index contributed by atoms with van der Waals surface area (Å²) in [5.74, 6) is 0.996. The third kappa shape index (κ3) is 2.74. The van der Waals surface area contributed by atoms with Crippen LogP contribution >= 0.6 is 0 Å². The molecule has 2 N–H and O–H groups in total. The molecule has 0 saturated carbocycles. The maximum absolute atomic E-state index is 5.91. The normalized spacial score (nSPS) is 12.2. The van der Waals surface area contributed by atoms with Crippen LogP contribution in [0.25, 0.3) is 0 Å². The van der Waals surface area contributed by atoms with Gasteiger partial charge in [-0.25, -0.2) is 0 Å². The summed E-state index contributed by atoms with van der Waals surface area (Å²) in [5, 5.41) is 8.09. The second-order valence-corrected chi connectivity index (χ2v) is 4.62. The van der Waals surface area contributed by atoms with E-state index in [1.165, 1.54) is 0 Å². The van der Waals surface area contributed by atoms with Crippen molar-refractivity contribution in [1.82, 2.24) is 10.2 Å². The van der Waals surface area contributed by atoms with Gasteiger partial charge in [-0.05, 0) is 42.7 Å². The molecule has 1 atom stereocenters. The first kappa shape index (κ1) is 13.5. The maximum Gasteiger partial charge on any atom is 0.124 e. The van der Waals surface area contributed by atoms with E-state index in [4.69, 9.17) is 10.5 Å². The summed E-state index contributed by atoms with van der Waals surface area (Å²) in [7, 11) is 1.69. The third-order valence-electron chi connectivity index (χ3n) is 3.27. The minimum absolute atomic E-state index is 0.0667. The van der Waals surface area contributed by atoms with Crippen molar-refractivity contribution >= 4 is 0 Å². The fourth-order valence-corrected chi connectivity index (χ4v) is 2.43. The fourth-order valence-electron chi connectivity index (χ4n) is 2.43. The summed E-state index contributed by atoms with van der Waals surface area (Å²) in [4.78, 5) is 0. The van der Waals surface area contributed by atoms with E-state index in [2.05, 4.69) is 22.3 Å². The SMILES string of the molecule is COc1c(C)cc(C(CN)c2cccnn2)cc1C. The highest BCUT2D eigenvalue weighted by Crippen LogP contribution is 2.30. The molecule has 2 aromatic rings. The Kier molecular flexibility index (Phi) is 4.12. The molecule has 1 aromatic carbocycles. The summed E-state index contributed by atoms with van der Waals surface area (Å²) >= 11 is 0. The van der Waals surface area contributed by atoms with Crippen molar-refractivity contribution < 1.29 is 4.74 Å². The van der Waals surface area contributed by atoms with Gasteiger partial charge in [-0.2, -0.15) is 10.2 Å². The van der Waals surface area contributed by atoms with Crippen molar-refractivity contribution in [3.05, 3.63) is 52.8 Å². The Bertz CT molecular complexity index is 532. The Balaban J connectivity index is 2.45. The quantitative estimate of drug-likeness (QED) is 0.912. The molecule has 0 bridgehead atoms. The first-order chi connectivity index (χ1) is 9.17. The van der Waals surface area contributed by atoms with Gasteiger partial charge in [-0.1, -0.05) is 12.1 Å². The predicted octanol–water partition coefficient (Wildman–Crippen LogP) is 2.19. The minimum Gasteiger partial charge on any atom is -0.496 e. The number of aromatic nitrogens is 2. The van der Waals surface area contributed by atoms with Crippen LogP contribution in [0.15, 0.2) is 30.5 Å². The van der Waals surface area contributed by atoms with E-state index in [-0.39, 0.29) is 5.92 Å².